The minimum atomic E-state index is -4.14. The maximum atomic E-state index is 14.6. The van der Waals surface area contributed by atoms with Crippen molar-refractivity contribution < 1.29 is 22.4 Å². The first-order valence-electron chi connectivity index (χ1n) is 12.5. The summed E-state index contributed by atoms with van der Waals surface area (Å²) in [4.78, 5) is 28.1. The topological polar surface area (TPSA) is 86.8 Å². The van der Waals surface area contributed by atoms with Gasteiger partial charge in [0.05, 0.1) is 10.6 Å². The highest BCUT2D eigenvalue weighted by Crippen LogP contribution is 2.27. The predicted octanol–water partition coefficient (Wildman–Crippen LogP) is 4.66. The molecule has 0 radical (unpaired) electrons. The van der Waals surface area contributed by atoms with E-state index < -0.39 is 40.2 Å². The number of para-hydroxylation sites is 1. The molecule has 0 unspecified atom stereocenters. The zero-order valence-corrected chi connectivity index (χ0v) is 22.9. The third kappa shape index (κ3) is 6.77. The average Bonchev–Trinajstić information content (AvgIpc) is 2.91. The van der Waals surface area contributed by atoms with Crippen molar-refractivity contribution in [2.75, 3.05) is 10.8 Å². The quantitative estimate of drug-likeness (QED) is 0.384. The van der Waals surface area contributed by atoms with Gasteiger partial charge in [-0.2, -0.15) is 0 Å². The number of nitrogens with one attached hydrogen (secondary N) is 1. The Balaban J connectivity index is 2.04. The van der Waals surface area contributed by atoms with E-state index in [2.05, 4.69) is 5.32 Å². The molecule has 0 aromatic heterocycles. The number of rotatable bonds is 11. The zero-order chi connectivity index (χ0) is 27.9. The van der Waals surface area contributed by atoms with Crippen LogP contribution in [0.15, 0.2) is 83.8 Å². The molecule has 0 aliphatic rings. The van der Waals surface area contributed by atoms with Gasteiger partial charge in [0.1, 0.15) is 18.4 Å². The second-order valence-electron chi connectivity index (χ2n) is 9.22. The largest absolute Gasteiger partial charge is 0.352 e. The summed E-state index contributed by atoms with van der Waals surface area (Å²) in [5.74, 6) is -1.56. The Kier molecular flexibility index (Phi) is 9.63. The van der Waals surface area contributed by atoms with Crippen LogP contribution >= 0.6 is 0 Å². The molecular weight excluding hydrogens is 505 g/mol. The standard InChI is InChI=1S/C29H34FN3O4S/c1-5-22(3)31-29(35)23(4)32(19-24-14-10-11-17-26(24)30)28(34)20-33(27-18-12-9-13-21(27)2)38(36,37)25-15-7-6-8-16-25/h6-18,22-23H,5,19-20H2,1-4H3,(H,31,35)/t22-,23+/m1/s1. The number of carbonyl (C=O) groups excluding carboxylic acids is 2. The predicted molar refractivity (Wildman–Crippen MR) is 146 cm³/mol. The molecular formula is C29H34FN3O4S. The summed E-state index contributed by atoms with van der Waals surface area (Å²) in [7, 11) is -4.14. The molecule has 0 saturated carbocycles. The van der Waals surface area contributed by atoms with Crippen molar-refractivity contribution in [3.8, 4) is 0 Å². The number of benzene rings is 3. The van der Waals surface area contributed by atoms with Gasteiger partial charge in [-0.1, -0.05) is 61.5 Å². The van der Waals surface area contributed by atoms with Crippen molar-refractivity contribution in [3.05, 3.63) is 95.8 Å². The summed E-state index contributed by atoms with van der Waals surface area (Å²) in [6, 6.07) is 19.6. The Bertz CT molecular complexity index is 1370. The van der Waals surface area contributed by atoms with Gasteiger partial charge in [-0.25, -0.2) is 12.8 Å². The maximum absolute atomic E-state index is 14.6. The van der Waals surface area contributed by atoms with Gasteiger partial charge in [0, 0.05) is 18.2 Å². The Morgan fingerprint density at radius 2 is 1.53 bits per heavy atom. The molecule has 0 spiro atoms. The van der Waals surface area contributed by atoms with E-state index >= 15 is 0 Å². The number of hydrogen-bond acceptors (Lipinski definition) is 4. The monoisotopic (exact) mass is 539 g/mol. The molecule has 0 aliphatic carbocycles. The van der Waals surface area contributed by atoms with Crippen LogP contribution in [0, 0.1) is 12.7 Å². The molecule has 0 saturated heterocycles. The fourth-order valence-corrected chi connectivity index (χ4v) is 5.43. The normalized spacial score (nSPS) is 12.9. The van der Waals surface area contributed by atoms with Crippen LogP contribution in [0.4, 0.5) is 10.1 Å². The fourth-order valence-electron chi connectivity index (χ4n) is 3.93. The molecule has 1 N–H and O–H groups in total. The lowest BCUT2D eigenvalue weighted by atomic mass is 10.1. The van der Waals surface area contributed by atoms with Crippen LogP contribution in [-0.2, 0) is 26.2 Å². The second kappa shape index (κ2) is 12.7. The van der Waals surface area contributed by atoms with Crippen LogP contribution in [0.25, 0.3) is 0 Å². The number of anilines is 1. The van der Waals surface area contributed by atoms with Crippen molar-refractivity contribution in [2.24, 2.45) is 0 Å². The van der Waals surface area contributed by atoms with Crippen molar-refractivity contribution >= 4 is 27.5 Å². The van der Waals surface area contributed by atoms with Crippen LogP contribution in [0.3, 0.4) is 0 Å². The zero-order valence-electron chi connectivity index (χ0n) is 22.1. The van der Waals surface area contributed by atoms with Crippen LogP contribution in [0.2, 0.25) is 0 Å². The minimum absolute atomic E-state index is 0.0271. The Labute approximate surface area is 224 Å². The van der Waals surface area contributed by atoms with Gasteiger partial charge in [0.15, 0.2) is 0 Å². The molecule has 0 heterocycles. The number of hydrogen-bond donors (Lipinski definition) is 1. The fraction of sp³-hybridized carbons (Fsp3) is 0.310. The lowest BCUT2D eigenvalue weighted by molar-refractivity contribution is -0.139. The highest BCUT2D eigenvalue weighted by Gasteiger charge is 2.33. The highest BCUT2D eigenvalue weighted by atomic mass is 32.2. The number of amides is 2. The second-order valence-corrected chi connectivity index (χ2v) is 11.1. The van der Waals surface area contributed by atoms with Crippen molar-refractivity contribution in [1.29, 1.82) is 0 Å². The van der Waals surface area contributed by atoms with Gasteiger partial charge in [-0.15, -0.1) is 0 Å². The number of aryl methyl sites for hydroxylation is 1. The first-order chi connectivity index (χ1) is 18.1. The Hall–Kier alpha value is -3.72. The van der Waals surface area contributed by atoms with Crippen LogP contribution in [-0.4, -0.2) is 43.8 Å². The third-order valence-electron chi connectivity index (χ3n) is 6.46. The molecule has 202 valence electrons. The van der Waals surface area contributed by atoms with Gasteiger partial charge < -0.3 is 10.2 Å². The summed E-state index contributed by atoms with van der Waals surface area (Å²) in [6.07, 6.45) is 0.691. The molecule has 38 heavy (non-hydrogen) atoms. The average molecular weight is 540 g/mol. The number of nitrogens with zero attached hydrogens (tertiary/aromatic N) is 2. The molecule has 7 nitrogen and oxygen atoms in total. The number of carbonyl (C=O) groups is 2. The molecule has 3 aromatic carbocycles. The molecule has 0 bridgehead atoms. The maximum Gasteiger partial charge on any atom is 0.264 e. The van der Waals surface area contributed by atoms with E-state index in [0.29, 0.717) is 17.7 Å². The van der Waals surface area contributed by atoms with E-state index in [0.717, 1.165) is 4.31 Å². The van der Waals surface area contributed by atoms with E-state index in [1.165, 1.54) is 35.2 Å². The minimum Gasteiger partial charge on any atom is -0.352 e. The van der Waals surface area contributed by atoms with Gasteiger partial charge in [-0.05, 0) is 57.0 Å². The van der Waals surface area contributed by atoms with Crippen molar-refractivity contribution in [1.82, 2.24) is 10.2 Å². The van der Waals surface area contributed by atoms with Gasteiger partial charge in [-0.3, -0.25) is 13.9 Å². The SMILES string of the molecule is CC[C@@H](C)NC(=O)[C@H](C)N(Cc1ccccc1F)C(=O)CN(c1ccccc1C)S(=O)(=O)c1ccccc1. The van der Waals surface area contributed by atoms with E-state index in [4.69, 9.17) is 0 Å². The van der Waals surface area contributed by atoms with Gasteiger partial charge >= 0.3 is 0 Å². The van der Waals surface area contributed by atoms with Crippen molar-refractivity contribution in [2.45, 2.75) is 57.6 Å². The molecule has 3 aromatic rings. The highest BCUT2D eigenvalue weighted by molar-refractivity contribution is 7.92. The van der Waals surface area contributed by atoms with E-state index in [1.807, 2.05) is 13.8 Å². The first-order valence-corrected chi connectivity index (χ1v) is 14.0. The van der Waals surface area contributed by atoms with E-state index in [9.17, 15) is 22.4 Å². The molecule has 0 fully saturated rings. The molecule has 3 rings (SSSR count). The molecule has 2 atom stereocenters. The van der Waals surface area contributed by atoms with Crippen LogP contribution in [0.5, 0.6) is 0 Å². The summed E-state index contributed by atoms with van der Waals surface area (Å²) >= 11 is 0. The van der Waals surface area contributed by atoms with Gasteiger partial charge in [0.2, 0.25) is 11.8 Å². The molecule has 9 heteroatoms. The van der Waals surface area contributed by atoms with Gasteiger partial charge in [0.25, 0.3) is 10.0 Å². The number of halogens is 1. The van der Waals surface area contributed by atoms with E-state index in [1.54, 1.807) is 62.4 Å². The smallest absolute Gasteiger partial charge is 0.264 e. The summed E-state index contributed by atoms with van der Waals surface area (Å²) in [6.45, 7) is 6.31. The van der Waals surface area contributed by atoms with Crippen LogP contribution in [0.1, 0.15) is 38.3 Å². The molecule has 2 amide bonds. The van der Waals surface area contributed by atoms with Crippen LogP contribution < -0.4 is 9.62 Å². The van der Waals surface area contributed by atoms with Crippen molar-refractivity contribution in [3.63, 3.8) is 0 Å². The number of sulfonamides is 1. The lowest BCUT2D eigenvalue weighted by Gasteiger charge is -2.33. The summed E-state index contributed by atoms with van der Waals surface area (Å²) < 4.78 is 43.2. The Morgan fingerprint density at radius 3 is 2.16 bits per heavy atom. The summed E-state index contributed by atoms with van der Waals surface area (Å²) in [5.41, 5.74) is 1.22. The first kappa shape index (κ1) is 28.8. The lowest BCUT2D eigenvalue weighted by Crippen LogP contribution is -2.52. The van der Waals surface area contributed by atoms with E-state index in [-0.39, 0.29) is 23.0 Å². The summed E-state index contributed by atoms with van der Waals surface area (Å²) in [5, 5.41) is 2.86. The molecule has 0 aliphatic heterocycles. The Morgan fingerprint density at radius 1 is 0.921 bits per heavy atom. The third-order valence-corrected chi connectivity index (χ3v) is 8.24.